The van der Waals surface area contributed by atoms with Crippen molar-refractivity contribution < 1.29 is 27.4 Å². The van der Waals surface area contributed by atoms with E-state index in [1.165, 1.54) is 22.9 Å². The number of nitrogens with two attached hydrogens (primary N) is 1. The zero-order valence-corrected chi connectivity index (χ0v) is 23.5. The summed E-state index contributed by atoms with van der Waals surface area (Å²) in [6.07, 6.45) is -1.90. The zero-order valence-electron chi connectivity index (χ0n) is 23.5. The van der Waals surface area contributed by atoms with Crippen molar-refractivity contribution in [2.75, 3.05) is 36.9 Å². The molecular formula is C29H34F3N7O3. The molecule has 0 aliphatic carbocycles. The molecule has 1 aromatic carbocycles. The fourth-order valence-corrected chi connectivity index (χ4v) is 5.67. The van der Waals surface area contributed by atoms with Crippen LogP contribution in [0.1, 0.15) is 49.1 Å². The van der Waals surface area contributed by atoms with Crippen LogP contribution in [0.3, 0.4) is 0 Å². The van der Waals surface area contributed by atoms with E-state index in [-0.39, 0.29) is 40.5 Å². The van der Waals surface area contributed by atoms with Crippen molar-refractivity contribution in [3.63, 3.8) is 0 Å². The number of aryl methyl sites for hydroxylation is 1. The molecule has 0 radical (unpaired) electrons. The highest BCUT2D eigenvalue weighted by molar-refractivity contribution is 5.76. The predicted molar refractivity (Wildman–Crippen MR) is 151 cm³/mol. The number of rotatable bonds is 8. The number of nitrogens with one attached hydrogen (secondary N) is 1. The van der Waals surface area contributed by atoms with E-state index in [2.05, 4.69) is 27.0 Å². The summed E-state index contributed by atoms with van der Waals surface area (Å²) in [5.74, 6) is -0.359. The molecule has 0 bridgehead atoms. The molecule has 2 saturated heterocycles. The average Bonchev–Trinajstić information content (AvgIpc) is 3.57. The topological polar surface area (TPSA) is 120 Å². The van der Waals surface area contributed by atoms with Gasteiger partial charge in [0.25, 0.3) is 0 Å². The summed E-state index contributed by atoms with van der Waals surface area (Å²) < 4.78 is 55.9. The lowest BCUT2D eigenvalue weighted by Gasteiger charge is -2.39. The summed E-state index contributed by atoms with van der Waals surface area (Å²) in [5, 5.41) is 7.57. The predicted octanol–water partition coefficient (Wildman–Crippen LogP) is 4.39. The molecule has 4 heterocycles. The Morgan fingerprint density at radius 3 is 2.67 bits per heavy atom. The van der Waals surface area contributed by atoms with E-state index in [1.54, 1.807) is 38.2 Å². The van der Waals surface area contributed by atoms with Gasteiger partial charge in [-0.1, -0.05) is 18.7 Å². The second-order valence-corrected chi connectivity index (χ2v) is 10.8. The van der Waals surface area contributed by atoms with Crippen molar-refractivity contribution in [2.24, 2.45) is 5.41 Å². The first-order chi connectivity index (χ1) is 20.0. The quantitative estimate of drug-likeness (QED) is 0.371. The Balaban J connectivity index is 1.38. The van der Waals surface area contributed by atoms with Crippen LogP contribution in [0.2, 0.25) is 0 Å². The number of piperidine rings is 1. The van der Waals surface area contributed by atoms with E-state index in [4.69, 9.17) is 15.2 Å². The van der Waals surface area contributed by atoms with Crippen LogP contribution in [0, 0.1) is 12.3 Å². The SMILES string of the molecule is C=Cc1ccc(-n2ccc(C)n2)c([C@@H](Oc2cc(N3CCC4(CC3)CNC(C(=O)OCC)C4)nc(N)n2)C(F)(F)F)c1. The molecule has 1 spiro atoms. The van der Waals surface area contributed by atoms with Gasteiger partial charge >= 0.3 is 12.1 Å². The van der Waals surface area contributed by atoms with Gasteiger partial charge in [-0.3, -0.25) is 4.79 Å². The van der Waals surface area contributed by atoms with Crippen LogP contribution in [0.4, 0.5) is 24.9 Å². The van der Waals surface area contributed by atoms with Gasteiger partial charge in [0.15, 0.2) is 0 Å². The van der Waals surface area contributed by atoms with Crippen LogP contribution in [0.15, 0.2) is 43.1 Å². The number of hydrogen-bond donors (Lipinski definition) is 2. The van der Waals surface area contributed by atoms with Crippen molar-refractivity contribution in [1.82, 2.24) is 25.1 Å². The smallest absolute Gasteiger partial charge is 0.429 e. The molecule has 2 aliphatic heterocycles. The maximum absolute atomic E-state index is 14.6. The fourth-order valence-electron chi connectivity index (χ4n) is 5.67. The van der Waals surface area contributed by atoms with Gasteiger partial charge in [0.1, 0.15) is 11.9 Å². The molecule has 2 fully saturated rings. The second kappa shape index (κ2) is 11.6. The van der Waals surface area contributed by atoms with Crippen molar-refractivity contribution in [2.45, 2.75) is 51.4 Å². The standard InChI is InChI=1S/C29H34F3N7O3/c1-4-19-6-7-22(39-11-8-18(3)37-39)20(14-19)25(29(30,31)32)42-24-15-23(35-27(33)36-24)38-12-9-28(10-13-38)16-21(34-17-28)26(40)41-5-2/h4,6-8,11,14-15,21,25,34H,1,5,9-10,12-13,16-17H2,2-3H3,(H2,33,35,36)/t21?,25-/m1/s1. The molecule has 10 nitrogen and oxygen atoms in total. The van der Waals surface area contributed by atoms with E-state index in [9.17, 15) is 18.0 Å². The third-order valence-corrected chi connectivity index (χ3v) is 7.86. The van der Waals surface area contributed by atoms with E-state index in [0.717, 1.165) is 12.8 Å². The molecule has 2 aromatic heterocycles. The maximum Gasteiger partial charge on any atom is 0.429 e. The minimum atomic E-state index is -4.79. The number of carbonyl (C=O) groups excluding carboxylic acids is 1. The van der Waals surface area contributed by atoms with Gasteiger partial charge < -0.3 is 25.4 Å². The first kappa shape index (κ1) is 29.4. The zero-order chi connectivity index (χ0) is 30.1. The van der Waals surface area contributed by atoms with Crippen LogP contribution in [0.25, 0.3) is 11.8 Å². The monoisotopic (exact) mass is 585 g/mol. The number of anilines is 2. The summed E-state index contributed by atoms with van der Waals surface area (Å²) in [5.41, 5.74) is 7.10. The molecule has 0 saturated carbocycles. The molecule has 3 N–H and O–H groups in total. The molecule has 5 rings (SSSR count). The average molecular weight is 586 g/mol. The molecule has 0 amide bonds. The number of ether oxygens (including phenoxy) is 2. The number of nitrogen functional groups attached to an aromatic ring is 1. The van der Waals surface area contributed by atoms with Crippen molar-refractivity contribution in [1.29, 1.82) is 0 Å². The highest BCUT2D eigenvalue weighted by Gasteiger charge is 2.46. The van der Waals surface area contributed by atoms with Gasteiger partial charge in [0.2, 0.25) is 17.9 Å². The number of alkyl halides is 3. The minimum Gasteiger partial charge on any atom is -0.465 e. The van der Waals surface area contributed by atoms with Crippen LogP contribution >= 0.6 is 0 Å². The lowest BCUT2D eigenvalue weighted by atomic mass is 9.76. The molecule has 13 heteroatoms. The van der Waals surface area contributed by atoms with Gasteiger partial charge in [-0.05, 0) is 62.3 Å². The molecule has 42 heavy (non-hydrogen) atoms. The second-order valence-electron chi connectivity index (χ2n) is 10.8. The minimum absolute atomic E-state index is 0.0648. The van der Waals surface area contributed by atoms with E-state index >= 15 is 0 Å². The summed E-state index contributed by atoms with van der Waals surface area (Å²) >= 11 is 0. The number of hydrogen-bond acceptors (Lipinski definition) is 9. The van der Waals surface area contributed by atoms with E-state index in [1.807, 2.05) is 4.90 Å². The molecule has 2 aliphatic rings. The molecule has 2 atom stereocenters. The Morgan fingerprint density at radius 1 is 1.26 bits per heavy atom. The Morgan fingerprint density at radius 2 is 2.02 bits per heavy atom. The van der Waals surface area contributed by atoms with E-state index < -0.39 is 12.3 Å². The number of nitrogens with zero attached hydrogens (tertiary/aromatic N) is 5. The molecule has 3 aromatic rings. The van der Waals surface area contributed by atoms with Crippen molar-refractivity contribution in [3.8, 4) is 11.6 Å². The summed E-state index contributed by atoms with van der Waals surface area (Å²) in [4.78, 5) is 22.4. The number of benzene rings is 1. The lowest BCUT2D eigenvalue weighted by Crippen LogP contribution is -2.41. The number of carbonyl (C=O) groups is 1. The highest BCUT2D eigenvalue weighted by atomic mass is 19.4. The lowest BCUT2D eigenvalue weighted by molar-refractivity contribution is -0.198. The number of halogens is 3. The third-order valence-electron chi connectivity index (χ3n) is 7.86. The van der Waals surface area contributed by atoms with Crippen LogP contribution in [-0.4, -0.2) is 64.2 Å². The summed E-state index contributed by atoms with van der Waals surface area (Å²) in [7, 11) is 0. The van der Waals surface area contributed by atoms with Crippen LogP contribution in [0.5, 0.6) is 5.88 Å². The molecule has 1 unspecified atom stereocenters. The highest BCUT2D eigenvalue weighted by Crippen LogP contribution is 2.42. The number of aromatic nitrogens is 4. The van der Waals surface area contributed by atoms with Gasteiger partial charge in [0, 0.05) is 37.5 Å². The van der Waals surface area contributed by atoms with Crippen molar-refractivity contribution >= 4 is 23.8 Å². The summed E-state index contributed by atoms with van der Waals surface area (Å²) in [6.45, 7) is 9.41. The first-order valence-corrected chi connectivity index (χ1v) is 13.8. The Bertz CT molecular complexity index is 1450. The number of esters is 1. The van der Waals surface area contributed by atoms with E-state index in [0.29, 0.717) is 49.7 Å². The Hall–Kier alpha value is -4.13. The summed E-state index contributed by atoms with van der Waals surface area (Å²) in [6, 6.07) is 7.35. The Kier molecular flexibility index (Phi) is 8.13. The molecule has 224 valence electrons. The van der Waals surface area contributed by atoms with Gasteiger partial charge in [-0.25, -0.2) is 4.68 Å². The molecular weight excluding hydrogens is 551 g/mol. The maximum atomic E-state index is 14.6. The first-order valence-electron chi connectivity index (χ1n) is 13.8. The van der Waals surface area contributed by atoms with Crippen molar-refractivity contribution in [3.05, 3.63) is 59.9 Å². The van der Waals surface area contributed by atoms with Gasteiger partial charge in [0.05, 0.1) is 18.0 Å². The van der Waals surface area contributed by atoms with Crippen LogP contribution in [-0.2, 0) is 9.53 Å². The van der Waals surface area contributed by atoms with Crippen LogP contribution < -0.4 is 20.7 Å². The third kappa shape index (κ3) is 6.20. The Labute approximate surface area is 241 Å². The largest absolute Gasteiger partial charge is 0.465 e. The normalized spacial score (nSPS) is 19.1. The fraction of sp³-hybridized carbons (Fsp3) is 0.448. The van der Waals surface area contributed by atoms with Gasteiger partial charge in [-0.2, -0.15) is 28.2 Å². The van der Waals surface area contributed by atoms with Gasteiger partial charge in [-0.15, -0.1) is 0 Å².